The maximum absolute atomic E-state index is 12.4. The lowest BCUT2D eigenvalue weighted by Gasteiger charge is -2.06. The SMILES string of the molecule is CC(/C=N\Nc1ccc(C(F)(F)F)cn1)=C\c1ccccc1. The average Bonchev–Trinajstić information content (AvgIpc) is 2.48. The Hall–Kier alpha value is -2.63. The number of pyridine rings is 1. The summed E-state index contributed by atoms with van der Waals surface area (Å²) >= 11 is 0. The molecule has 0 fully saturated rings. The third-order valence-corrected chi connectivity index (χ3v) is 2.73. The molecular formula is C16H14F3N3. The molecule has 1 aromatic heterocycles. The van der Waals surface area contributed by atoms with Gasteiger partial charge in [0.2, 0.25) is 0 Å². The van der Waals surface area contributed by atoms with Crippen molar-refractivity contribution in [2.45, 2.75) is 13.1 Å². The molecule has 3 nitrogen and oxygen atoms in total. The Morgan fingerprint density at radius 2 is 1.86 bits per heavy atom. The summed E-state index contributed by atoms with van der Waals surface area (Å²) in [6.07, 6.45) is -0.105. The van der Waals surface area contributed by atoms with Crippen LogP contribution in [-0.4, -0.2) is 11.2 Å². The Morgan fingerprint density at radius 3 is 2.45 bits per heavy atom. The van der Waals surface area contributed by atoms with Crippen LogP contribution in [0.2, 0.25) is 0 Å². The van der Waals surface area contributed by atoms with E-state index in [1.54, 1.807) is 6.21 Å². The molecule has 2 rings (SSSR count). The van der Waals surface area contributed by atoms with Crippen LogP contribution in [0, 0.1) is 0 Å². The molecule has 0 saturated carbocycles. The van der Waals surface area contributed by atoms with Gasteiger partial charge in [-0.3, -0.25) is 5.43 Å². The van der Waals surface area contributed by atoms with Crippen molar-refractivity contribution in [1.29, 1.82) is 0 Å². The number of allylic oxidation sites excluding steroid dienone is 1. The molecule has 0 aliphatic heterocycles. The molecule has 1 heterocycles. The Balaban J connectivity index is 1.96. The van der Waals surface area contributed by atoms with Gasteiger partial charge >= 0.3 is 6.18 Å². The smallest absolute Gasteiger partial charge is 0.261 e. The molecule has 114 valence electrons. The van der Waals surface area contributed by atoms with Crippen LogP contribution in [0.1, 0.15) is 18.1 Å². The van der Waals surface area contributed by atoms with E-state index in [4.69, 9.17) is 0 Å². The first-order valence-corrected chi connectivity index (χ1v) is 6.51. The van der Waals surface area contributed by atoms with Gasteiger partial charge in [-0.15, -0.1) is 0 Å². The van der Waals surface area contributed by atoms with E-state index < -0.39 is 11.7 Å². The highest BCUT2D eigenvalue weighted by Crippen LogP contribution is 2.28. The number of nitrogens with zero attached hydrogens (tertiary/aromatic N) is 2. The van der Waals surface area contributed by atoms with E-state index in [1.165, 1.54) is 6.07 Å². The van der Waals surface area contributed by atoms with Crippen molar-refractivity contribution in [2.75, 3.05) is 5.43 Å². The number of alkyl halides is 3. The van der Waals surface area contributed by atoms with E-state index in [-0.39, 0.29) is 5.82 Å². The zero-order chi connectivity index (χ0) is 16.0. The highest BCUT2D eigenvalue weighted by molar-refractivity contribution is 5.85. The second kappa shape index (κ2) is 6.89. The van der Waals surface area contributed by atoms with Crippen molar-refractivity contribution in [2.24, 2.45) is 5.10 Å². The maximum Gasteiger partial charge on any atom is 0.417 e. The zero-order valence-corrected chi connectivity index (χ0v) is 11.8. The van der Waals surface area contributed by atoms with Gasteiger partial charge in [0.05, 0.1) is 11.8 Å². The fourth-order valence-corrected chi connectivity index (χ4v) is 1.68. The molecule has 0 unspecified atom stereocenters. The molecule has 0 radical (unpaired) electrons. The number of anilines is 1. The van der Waals surface area contributed by atoms with E-state index in [9.17, 15) is 13.2 Å². The monoisotopic (exact) mass is 305 g/mol. The third kappa shape index (κ3) is 4.73. The minimum absolute atomic E-state index is 0.247. The first-order chi connectivity index (χ1) is 10.4. The summed E-state index contributed by atoms with van der Waals surface area (Å²) in [4.78, 5) is 3.66. The van der Waals surface area contributed by atoms with Gasteiger partial charge < -0.3 is 0 Å². The van der Waals surface area contributed by atoms with E-state index in [0.717, 1.165) is 23.4 Å². The number of benzene rings is 1. The largest absolute Gasteiger partial charge is 0.417 e. The van der Waals surface area contributed by atoms with Gasteiger partial charge in [-0.25, -0.2) is 4.98 Å². The quantitative estimate of drug-likeness (QED) is 0.662. The topological polar surface area (TPSA) is 37.3 Å². The van der Waals surface area contributed by atoms with Crippen LogP contribution in [0.5, 0.6) is 0 Å². The highest BCUT2D eigenvalue weighted by atomic mass is 19.4. The van der Waals surface area contributed by atoms with Crippen molar-refractivity contribution in [3.8, 4) is 0 Å². The summed E-state index contributed by atoms with van der Waals surface area (Å²) in [5, 5.41) is 3.94. The molecule has 22 heavy (non-hydrogen) atoms. The van der Waals surface area contributed by atoms with Gasteiger partial charge in [0.1, 0.15) is 5.82 Å². The van der Waals surface area contributed by atoms with Crippen LogP contribution < -0.4 is 5.43 Å². The maximum atomic E-state index is 12.4. The molecule has 2 aromatic rings. The number of halogens is 3. The number of nitrogens with one attached hydrogen (secondary N) is 1. The Kier molecular flexibility index (Phi) is 4.93. The van der Waals surface area contributed by atoms with Crippen LogP contribution in [0.3, 0.4) is 0 Å². The van der Waals surface area contributed by atoms with E-state index >= 15 is 0 Å². The van der Waals surface area contributed by atoms with Crippen molar-refractivity contribution in [3.63, 3.8) is 0 Å². The molecule has 6 heteroatoms. The van der Waals surface area contributed by atoms with Gasteiger partial charge in [-0.05, 0) is 30.2 Å². The highest BCUT2D eigenvalue weighted by Gasteiger charge is 2.30. The van der Waals surface area contributed by atoms with Gasteiger partial charge in [-0.2, -0.15) is 18.3 Å². The van der Waals surface area contributed by atoms with Gasteiger partial charge in [0.25, 0.3) is 0 Å². The van der Waals surface area contributed by atoms with E-state index in [1.807, 2.05) is 43.3 Å². The fraction of sp³-hybridized carbons (Fsp3) is 0.125. The summed E-state index contributed by atoms with van der Waals surface area (Å²) in [5.74, 6) is 0.247. The Bertz CT molecular complexity index is 659. The van der Waals surface area contributed by atoms with Gasteiger partial charge in [-0.1, -0.05) is 36.4 Å². The fourth-order valence-electron chi connectivity index (χ4n) is 1.68. The number of rotatable bonds is 4. The predicted octanol–water partition coefficient (Wildman–Crippen LogP) is 4.60. The first-order valence-electron chi connectivity index (χ1n) is 6.51. The normalized spacial score (nSPS) is 12.6. The Morgan fingerprint density at radius 1 is 1.14 bits per heavy atom. The molecule has 0 aliphatic rings. The summed E-state index contributed by atoms with van der Waals surface area (Å²) in [5.41, 5.74) is 3.74. The third-order valence-electron chi connectivity index (χ3n) is 2.73. The van der Waals surface area contributed by atoms with Gasteiger partial charge in [0, 0.05) is 6.20 Å². The molecule has 1 N–H and O–H groups in total. The lowest BCUT2D eigenvalue weighted by Crippen LogP contribution is -2.05. The summed E-state index contributed by atoms with van der Waals surface area (Å²) < 4.78 is 37.2. The van der Waals surface area contributed by atoms with Crippen LogP contribution in [0.25, 0.3) is 6.08 Å². The van der Waals surface area contributed by atoms with Crippen LogP contribution in [-0.2, 0) is 6.18 Å². The molecule has 0 atom stereocenters. The zero-order valence-electron chi connectivity index (χ0n) is 11.8. The minimum atomic E-state index is -4.39. The summed E-state index contributed by atoms with van der Waals surface area (Å²) in [7, 11) is 0. The Labute approximate surface area is 126 Å². The molecule has 1 aromatic carbocycles. The second-order valence-corrected chi connectivity index (χ2v) is 4.60. The molecule has 0 aliphatic carbocycles. The van der Waals surface area contributed by atoms with E-state index in [0.29, 0.717) is 0 Å². The standard InChI is InChI=1S/C16H14F3N3/c1-12(9-13-5-3-2-4-6-13)10-21-22-15-8-7-14(11-20-15)16(17,18)19/h2-11H,1H3,(H,20,22)/b12-9+,21-10-. The lowest BCUT2D eigenvalue weighted by molar-refractivity contribution is -0.137. The second-order valence-electron chi connectivity index (χ2n) is 4.60. The van der Waals surface area contributed by atoms with Crippen LogP contribution >= 0.6 is 0 Å². The first kappa shape index (κ1) is 15.8. The average molecular weight is 305 g/mol. The van der Waals surface area contributed by atoms with Crippen LogP contribution in [0.4, 0.5) is 19.0 Å². The van der Waals surface area contributed by atoms with Crippen molar-refractivity contribution >= 4 is 18.1 Å². The minimum Gasteiger partial charge on any atom is -0.261 e. The number of hydrogen-bond donors (Lipinski definition) is 1. The van der Waals surface area contributed by atoms with Gasteiger partial charge in [0.15, 0.2) is 0 Å². The molecule has 0 bridgehead atoms. The summed E-state index contributed by atoms with van der Waals surface area (Å²) in [6.45, 7) is 1.87. The predicted molar refractivity (Wildman–Crippen MR) is 81.4 cm³/mol. The molecule has 0 saturated heterocycles. The molecule has 0 spiro atoms. The number of hydrogen-bond acceptors (Lipinski definition) is 3. The summed E-state index contributed by atoms with van der Waals surface area (Å²) in [6, 6.07) is 11.9. The van der Waals surface area contributed by atoms with E-state index in [2.05, 4.69) is 15.5 Å². The molecule has 0 amide bonds. The number of aromatic nitrogens is 1. The lowest BCUT2D eigenvalue weighted by atomic mass is 10.1. The molecular weight excluding hydrogens is 291 g/mol. The van der Waals surface area contributed by atoms with Crippen molar-refractivity contribution in [1.82, 2.24) is 4.98 Å². The van der Waals surface area contributed by atoms with Crippen LogP contribution in [0.15, 0.2) is 59.3 Å². The van der Waals surface area contributed by atoms with Crippen molar-refractivity contribution in [3.05, 3.63) is 65.4 Å². The van der Waals surface area contributed by atoms with Crippen molar-refractivity contribution < 1.29 is 13.2 Å². The number of hydrazone groups is 1.